The molecule has 4 heteroatoms. The molecule has 0 aliphatic rings. The number of para-hydroxylation sites is 2. The Balaban J connectivity index is 2.37. The van der Waals surface area contributed by atoms with Gasteiger partial charge in [0.2, 0.25) is 0 Å². The topological polar surface area (TPSA) is 44.1 Å². The van der Waals surface area contributed by atoms with E-state index in [1.165, 1.54) is 0 Å². The SMILES string of the molecule is COc1ccccc1-c1nc2ccccc2c(=O)n1C. The normalized spacial score (nSPS) is 10.7. The summed E-state index contributed by atoms with van der Waals surface area (Å²) in [6.45, 7) is 0. The highest BCUT2D eigenvalue weighted by Crippen LogP contribution is 2.27. The van der Waals surface area contributed by atoms with Gasteiger partial charge in [0.05, 0.1) is 23.6 Å². The molecule has 0 saturated heterocycles. The van der Waals surface area contributed by atoms with Gasteiger partial charge in [-0.05, 0) is 24.3 Å². The number of benzene rings is 2. The molecule has 0 atom stereocenters. The average molecular weight is 266 g/mol. The fourth-order valence-corrected chi connectivity index (χ4v) is 2.29. The highest BCUT2D eigenvalue weighted by molar-refractivity contribution is 5.80. The maximum absolute atomic E-state index is 12.4. The van der Waals surface area contributed by atoms with Gasteiger partial charge in [0.1, 0.15) is 11.6 Å². The Labute approximate surface area is 116 Å². The van der Waals surface area contributed by atoms with E-state index in [4.69, 9.17) is 4.74 Å². The lowest BCUT2D eigenvalue weighted by Crippen LogP contribution is -2.20. The minimum absolute atomic E-state index is 0.0588. The predicted octanol–water partition coefficient (Wildman–Crippen LogP) is 2.61. The molecule has 0 bridgehead atoms. The van der Waals surface area contributed by atoms with Crippen LogP contribution in [0.3, 0.4) is 0 Å². The lowest BCUT2D eigenvalue weighted by atomic mass is 10.1. The molecule has 0 spiro atoms. The van der Waals surface area contributed by atoms with E-state index in [0.717, 1.165) is 5.56 Å². The zero-order valence-electron chi connectivity index (χ0n) is 11.3. The first kappa shape index (κ1) is 12.4. The largest absolute Gasteiger partial charge is 0.496 e. The van der Waals surface area contributed by atoms with E-state index in [9.17, 15) is 4.79 Å². The molecule has 2 aromatic carbocycles. The van der Waals surface area contributed by atoms with Gasteiger partial charge in [-0.15, -0.1) is 0 Å². The van der Waals surface area contributed by atoms with Crippen LogP contribution in [0.4, 0.5) is 0 Å². The maximum Gasteiger partial charge on any atom is 0.261 e. The van der Waals surface area contributed by atoms with E-state index < -0.39 is 0 Å². The van der Waals surface area contributed by atoms with E-state index in [1.54, 1.807) is 24.8 Å². The van der Waals surface area contributed by atoms with Crippen molar-refractivity contribution < 1.29 is 4.74 Å². The first-order valence-corrected chi connectivity index (χ1v) is 6.31. The van der Waals surface area contributed by atoms with Gasteiger partial charge in [0.25, 0.3) is 5.56 Å². The fraction of sp³-hybridized carbons (Fsp3) is 0.125. The average Bonchev–Trinajstić information content (AvgIpc) is 2.51. The number of hydrogen-bond donors (Lipinski definition) is 0. The zero-order chi connectivity index (χ0) is 14.1. The first-order valence-electron chi connectivity index (χ1n) is 6.31. The standard InChI is InChI=1S/C16H14N2O2/c1-18-15(12-8-4-6-10-14(12)20-2)17-13-9-5-3-7-11(13)16(18)19/h3-10H,1-2H3. The molecule has 0 saturated carbocycles. The number of fused-ring (bicyclic) bond motifs is 1. The molecule has 0 N–H and O–H groups in total. The van der Waals surface area contributed by atoms with Gasteiger partial charge in [-0.3, -0.25) is 9.36 Å². The molecule has 0 aliphatic carbocycles. The molecule has 0 aliphatic heterocycles. The highest BCUT2D eigenvalue weighted by Gasteiger charge is 2.13. The number of rotatable bonds is 2. The highest BCUT2D eigenvalue weighted by atomic mass is 16.5. The third kappa shape index (κ3) is 1.86. The van der Waals surface area contributed by atoms with Crippen LogP contribution in [-0.4, -0.2) is 16.7 Å². The lowest BCUT2D eigenvalue weighted by Gasteiger charge is -2.12. The fourth-order valence-electron chi connectivity index (χ4n) is 2.29. The molecule has 20 heavy (non-hydrogen) atoms. The van der Waals surface area contributed by atoms with E-state index >= 15 is 0 Å². The van der Waals surface area contributed by atoms with E-state index in [-0.39, 0.29) is 5.56 Å². The smallest absolute Gasteiger partial charge is 0.261 e. The van der Waals surface area contributed by atoms with Gasteiger partial charge in [0.15, 0.2) is 0 Å². The molecule has 0 fully saturated rings. The van der Waals surface area contributed by atoms with Crippen molar-refractivity contribution in [1.29, 1.82) is 0 Å². The summed E-state index contributed by atoms with van der Waals surface area (Å²) < 4.78 is 6.91. The van der Waals surface area contributed by atoms with Crippen LogP contribution in [0.15, 0.2) is 53.3 Å². The van der Waals surface area contributed by atoms with Crippen molar-refractivity contribution in [2.24, 2.45) is 7.05 Å². The maximum atomic E-state index is 12.4. The molecule has 1 heterocycles. The molecule has 3 rings (SSSR count). The quantitative estimate of drug-likeness (QED) is 0.716. The Morgan fingerprint density at radius 2 is 1.75 bits per heavy atom. The predicted molar refractivity (Wildman–Crippen MR) is 79.0 cm³/mol. The van der Waals surface area contributed by atoms with Gasteiger partial charge in [-0.1, -0.05) is 24.3 Å². The van der Waals surface area contributed by atoms with Crippen LogP contribution >= 0.6 is 0 Å². The monoisotopic (exact) mass is 266 g/mol. The minimum Gasteiger partial charge on any atom is -0.496 e. The molecule has 0 radical (unpaired) electrons. The summed E-state index contributed by atoms with van der Waals surface area (Å²) in [7, 11) is 3.33. The van der Waals surface area contributed by atoms with Gasteiger partial charge in [-0.25, -0.2) is 4.98 Å². The molecule has 1 aromatic heterocycles. The van der Waals surface area contributed by atoms with Gasteiger partial charge in [-0.2, -0.15) is 0 Å². The van der Waals surface area contributed by atoms with Crippen LogP contribution in [-0.2, 0) is 7.05 Å². The minimum atomic E-state index is -0.0588. The number of methoxy groups -OCH3 is 1. The molecule has 100 valence electrons. The van der Waals surface area contributed by atoms with Crippen LogP contribution in [0.2, 0.25) is 0 Å². The number of hydrogen-bond acceptors (Lipinski definition) is 3. The Bertz CT molecular complexity index is 837. The summed E-state index contributed by atoms with van der Waals surface area (Å²) in [5, 5.41) is 0.619. The number of aromatic nitrogens is 2. The Morgan fingerprint density at radius 1 is 1.05 bits per heavy atom. The van der Waals surface area contributed by atoms with Crippen LogP contribution in [0.1, 0.15) is 0 Å². The second kappa shape index (κ2) is 4.81. The van der Waals surface area contributed by atoms with Crippen LogP contribution in [0.5, 0.6) is 5.75 Å². The van der Waals surface area contributed by atoms with Crippen molar-refractivity contribution in [3.05, 3.63) is 58.9 Å². The molecule has 0 unspecified atom stereocenters. The van der Waals surface area contributed by atoms with Crippen molar-refractivity contribution >= 4 is 10.9 Å². The Morgan fingerprint density at radius 3 is 2.55 bits per heavy atom. The summed E-state index contributed by atoms with van der Waals surface area (Å²) in [5.41, 5.74) is 1.44. The summed E-state index contributed by atoms with van der Waals surface area (Å²) >= 11 is 0. The zero-order valence-corrected chi connectivity index (χ0v) is 11.3. The van der Waals surface area contributed by atoms with Gasteiger partial charge in [0, 0.05) is 7.05 Å². The first-order chi connectivity index (χ1) is 9.72. The summed E-state index contributed by atoms with van der Waals surface area (Å²) in [6.07, 6.45) is 0. The van der Waals surface area contributed by atoms with E-state index in [2.05, 4.69) is 4.98 Å². The van der Waals surface area contributed by atoms with Gasteiger partial charge >= 0.3 is 0 Å². The third-order valence-corrected chi connectivity index (χ3v) is 3.33. The van der Waals surface area contributed by atoms with E-state index in [0.29, 0.717) is 22.5 Å². The summed E-state index contributed by atoms with van der Waals surface area (Å²) in [4.78, 5) is 17.0. The lowest BCUT2D eigenvalue weighted by molar-refractivity contribution is 0.416. The van der Waals surface area contributed by atoms with Crippen LogP contribution in [0.25, 0.3) is 22.3 Å². The van der Waals surface area contributed by atoms with Crippen LogP contribution < -0.4 is 10.3 Å². The molecule has 0 amide bonds. The summed E-state index contributed by atoms with van der Waals surface area (Å²) in [5.74, 6) is 1.30. The van der Waals surface area contributed by atoms with E-state index in [1.807, 2.05) is 42.5 Å². The van der Waals surface area contributed by atoms with Crippen molar-refractivity contribution in [2.45, 2.75) is 0 Å². The second-order valence-electron chi connectivity index (χ2n) is 4.52. The molecular weight excluding hydrogens is 252 g/mol. The number of nitrogens with zero attached hydrogens (tertiary/aromatic N) is 2. The van der Waals surface area contributed by atoms with Gasteiger partial charge < -0.3 is 4.74 Å². The third-order valence-electron chi connectivity index (χ3n) is 3.33. The second-order valence-corrected chi connectivity index (χ2v) is 4.52. The van der Waals surface area contributed by atoms with Crippen molar-refractivity contribution in [1.82, 2.24) is 9.55 Å². The van der Waals surface area contributed by atoms with Crippen molar-refractivity contribution in [3.63, 3.8) is 0 Å². The Hall–Kier alpha value is -2.62. The molecule has 3 aromatic rings. The molecular formula is C16H14N2O2. The Kier molecular flexibility index (Phi) is 2.99. The molecule has 4 nitrogen and oxygen atoms in total. The van der Waals surface area contributed by atoms with Crippen molar-refractivity contribution in [3.8, 4) is 17.1 Å². The van der Waals surface area contributed by atoms with Crippen molar-refractivity contribution in [2.75, 3.05) is 7.11 Å². The van der Waals surface area contributed by atoms with Crippen LogP contribution in [0, 0.1) is 0 Å². The number of ether oxygens (including phenoxy) is 1. The summed E-state index contributed by atoms with van der Waals surface area (Å²) in [6, 6.07) is 14.9.